The highest BCUT2D eigenvalue weighted by Crippen LogP contribution is 2.27. The Morgan fingerprint density at radius 1 is 0.837 bits per heavy atom. The molecule has 226 valence electrons. The number of carbonyl (C=O) groups is 3. The summed E-state index contributed by atoms with van der Waals surface area (Å²) in [5, 5.41) is 0. The van der Waals surface area contributed by atoms with Crippen molar-refractivity contribution in [1.29, 1.82) is 0 Å². The van der Waals surface area contributed by atoms with Crippen LogP contribution in [0.4, 0.5) is 4.39 Å². The third-order valence-electron chi connectivity index (χ3n) is 8.61. The van der Waals surface area contributed by atoms with Gasteiger partial charge in [0, 0.05) is 55.8 Å². The summed E-state index contributed by atoms with van der Waals surface area (Å²) in [7, 11) is 3.21. The van der Waals surface area contributed by atoms with Crippen molar-refractivity contribution >= 4 is 17.5 Å². The van der Waals surface area contributed by atoms with Crippen LogP contribution in [0.15, 0.2) is 66.9 Å². The number of nitrogens with zero attached hydrogens (tertiary/aromatic N) is 3. The number of rotatable bonds is 10. The van der Waals surface area contributed by atoms with Gasteiger partial charge in [-0.3, -0.25) is 24.3 Å². The maximum atomic E-state index is 15.1. The maximum Gasteiger partial charge on any atom is 0.272 e. The Morgan fingerprint density at radius 2 is 1.47 bits per heavy atom. The van der Waals surface area contributed by atoms with Crippen LogP contribution in [0.3, 0.4) is 0 Å². The van der Waals surface area contributed by atoms with E-state index in [1.54, 1.807) is 55.5 Å². The average Bonchev–Trinajstić information content (AvgIpc) is 3.06. The van der Waals surface area contributed by atoms with Crippen LogP contribution in [-0.4, -0.2) is 78.8 Å². The van der Waals surface area contributed by atoms with Gasteiger partial charge >= 0.3 is 0 Å². The summed E-state index contributed by atoms with van der Waals surface area (Å²) in [5.74, 6) is 0.695. The van der Waals surface area contributed by atoms with Gasteiger partial charge in [0.1, 0.15) is 23.4 Å². The Hall–Kier alpha value is -4.11. The summed E-state index contributed by atoms with van der Waals surface area (Å²) in [6, 6.07) is 18.0. The van der Waals surface area contributed by atoms with Crippen molar-refractivity contribution in [1.82, 2.24) is 14.8 Å². The van der Waals surface area contributed by atoms with E-state index in [2.05, 4.69) is 9.88 Å². The van der Waals surface area contributed by atoms with E-state index in [9.17, 15) is 14.4 Å². The maximum absolute atomic E-state index is 15.1. The molecule has 2 atom stereocenters. The third-order valence-corrected chi connectivity index (χ3v) is 8.61. The molecule has 2 aliphatic heterocycles. The molecule has 1 unspecified atom stereocenters. The molecule has 5 rings (SSSR count). The van der Waals surface area contributed by atoms with Crippen LogP contribution < -0.4 is 9.47 Å². The number of ketones is 2. The van der Waals surface area contributed by atoms with E-state index >= 15 is 4.39 Å². The van der Waals surface area contributed by atoms with Gasteiger partial charge in [-0.15, -0.1) is 0 Å². The lowest BCUT2D eigenvalue weighted by Gasteiger charge is -2.34. The standard InChI is InChI=1S/C34H38FN3O5/c1-42-28-8-3-23(4-9-28)21-37-16-13-26(30(35)22-37)19-32(39)27-7-12-31(36-20-27)34(41)38-17-14-25(15-18-38)33(40)24-5-10-29(43-2)11-6-24/h3-12,20,25-26,30H,13-19,21-22H2,1-2H3/t26?,30-/m1/s1. The number of alkyl halides is 1. The van der Waals surface area contributed by atoms with Crippen molar-refractivity contribution in [2.24, 2.45) is 11.8 Å². The second-order valence-corrected chi connectivity index (χ2v) is 11.4. The number of carbonyl (C=O) groups excluding carboxylic acids is 3. The number of methoxy groups -OCH3 is 2. The van der Waals surface area contributed by atoms with Crippen molar-refractivity contribution in [2.45, 2.75) is 38.4 Å². The fraction of sp³-hybridized carbons (Fsp3) is 0.412. The molecule has 3 heterocycles. The number of Topliss-reactive ketones (excluding diaryl/α,β-unsaturated/α-hetero) is 2. The molecule has 8 nitrogen and oxygen atoms in total. The molecule has 0 spiro atoms. The minimum Gasteiger partial charge on any atom is -0.497 e. The third kappa shape index (κ3) is 7.46. The molecule has 1 aromatic heterocycles. The van der Waals surface area contributed by atoms with E-state index in [1.807, 2.05) is 24.3 Å². The molecule has 2 fully saturated rings. The zero-order chi connectivity index (χ0) is 30.3. The molecular weight excluding hydrogens is 549 g/mol. The number of pyridine rings is 1. The minimum atomic E-state index is -1.09. The second-order valence-electron chi connectivity index (χ2n) is 11.4. The van der Waals surface area contributed by atoms with Crippen LogP contribution in [0.25, 0.3) is 0 Å². The predicted molar refractivity (Wildman–Crippen MR) is 160 cm³/mol. The van der Waals surface area contributed by atoms with Crippen LogP contribution in [0, 0.1) is 11.8 Å². The van der Waals surface area contributed by atoms with Gasteiger partial charge in [0.25, 0.3) is 5.91 Å². The van der Waals surface area contributed by atoms with Gasteiger partial charge in [0.05, 0.1) is 14.2 Å². The van der Waals surface area contributed by atoms with Gasteiger partial charge in [-0.25, -0.2) is 4.39 Å². The summed E-state index contributed by atoms with van der Waals surface area (Å²) < 4.78 is 25.4. The number of ether oxygens (including phenoxy) is 2. The Balaban J connectivity index is 1.08. The van der Waals surface area contributed by atoms with Crippen molar-refractivity contribution in [3.63, 3.8) is 0 Å². The number of hydrogen-bond donors (Lipinski definition) is 0. The van der Waals surface area contributed by atoms with Gasteiger partial charge in [-0.05, 0) is 85.8 Å². The topological polar surface area (TPSA) is 89.0 Å². The minimum absolute atomic E-state index is 0.0779. The molecule has 2 saturated heterocycles. The molecule has 0 saturated carbocycles. The smallest absolute Gasteiger partial charge is 0.272 e. The van der Waals surface area contributed by atoms with Gasteiger partial charge in [0.15, 0.2) is 11.6 Å². The molecule has 0 radical (unpaired) electrons. The van der Waals surface area contributed by atoms with Crippen molar-refractivity contribution in [3.05, 3.63) is 89.2 Å². The number of likely N-dealkylation sites (tertiary alicyclic amines) is 2. The normalized spacial score (nSPS) is 19.6. The van der Waals surface area contributed by atoms with Crippen LogP contribution in [0.5, 0.6) is 11.5 Å². The fourth-order valence-electron chi connectivity index (χ4n) is 5.92. The lowest BCUT2D eigenvalue weighted by molar-refractivity contribution is 0.0644. The molecule has 2 aromatic carbocycles. The first-order chi connectivity index (χ1) is 20.8. The summed E-state index contributed by atoms with van der Waals surface area (Å²) >= 11 is 0. The first-order valence-electron chi connectivity index (χ1n) is 14.8. The number of halogens is 1. The Bertz CT molecular complexity index is 1400. The molecule has 0 aliphatic carbocycles. The van der Waals surface area contributed by atoms with Crippen molar-refractivity contribution in [3.8, 4) is 11.5 Å². The highest BCUT2D eigenvalue weighted by atomic mass is 19.1. The molecule has 43 heavy (non-hydrogen) atoms. The first kappa shape index (κ1) is 30.4. The molecule has 1 amide bonds. The predicted octanol–water partition coefficient (Wildman–Crippen LogP) is 5.27. The number of amides is 1. The number of benzene rings is 2. The number of aromatic nitrogens is 1. The SMILES string of the molecule is COc1ccc(CN2CCC(CC(=O)c3ccc(C(=O)N4CCC(C(=O)c5ccc(OC)cc5)CC4)nc3)[C@H](F)C2)cc1. The van der Waals surface area contributed by atoms with Gasteiger partial charge in [-0.1, -0.05) is 12.1 Å². The van der Waals surface area contributed by atoms with Gasteiger partial charge in [0.2, 0.25) is 0 Å². The lowest BCUT2D eigenvalue weighted by Crippen LogP contribution is -2.42. The largest absolute Gasteiger partial charge is 0.497 e. The van der Waals surface area contributed by atoms with Crippen molar-refractivity contribution in [2.75, 3.05) is 40.4 Å². The average molecular weight is 588 g/mol. The summed E-state index contributed by atoms with van der Waals surface area (Å²) in [6.45, 7) is 2.59. The Labute approximate surface area is 251 Å². The van der Waals surface area contributed by atoms with E-state index in [0.29, 0.717) is 55.8 Å². The Morgan fingerprint density at radius 3 is 2.05 bits per heavy atom. The van der Waals surface area contributed by atoms with E-state index in [-0.39, 0.29) is 48.0 Å². The quantitative estimate of drug-likeness (QED) is 0.299. The zero-order valence-corrected chi connectivity index (χ0v) is 24.7. The highest BCUT2D eigenvalue weighted by Gasteiger charge is 2.32. The molecule has 3 aromatic rings. The number of hydrogen-bond acceptors (Lipinski definition) is 7. The van der Waals surface area contributed by atoms with E-state index < -0.39 is 6.17 Å². The second kappa shape index (κ2) is 13.9. The monoisotopic (exact) mass is 587 g/mol. The zero-order valence-electron chi connectivity index (χ0n) is 24.7. The van der Waals surface area contributed by atoms with E-state index in [0.717, 1.165) is 17.9 Å². The van der Waals surface area contributed by atoms with Crippen LogP contribution in [-0.2, 0) is 6.54 Å². The van der Waals surface area contributed by atoms with E-state index in [1.165, 1.54) is 6.20 Å². The lowest BCUT2D eigenvalue weighted by atomic mass is 9.88. The number of piperidine rings is 2. The Kier molecular flexibility index (Phi) is 9.82. The first-order valence-corrected chi connectivity index (χ1v) is 14.8. The van der Waals surface area contributed by atoms with Gasteiger partial charge in [-0.2, -0.15) is 0 Å². The summed E-state index contributed by atoms with van der Waals surface area (Å²) in [5.41, 5.74) is 2.38. The van der Waals surface area contributed by atoms with E-state index in [4.69, 9.17) is 9.47 Å². The van der Waals surface area contributed by atoms with Crippen LogP contribution in [0.2, 0.25) is 0 Å². The van der Waals surface area contributed by atoms with Gasteiger partial charge < -0.3 is 14.4 Å². The van der Waals surface area contributed by atoms with Crippen molar-refractivity contribution < 1.29 is 28.2 Å². The molecule has 9 heteroatoms. The molecule has 0 N–H and O–H groups in total. The molecule has 0 bridgehead atoms. The van der Waals surface area contributed by atoms with Crippen LogP contribution in [0.1, 0.15) is 62.5 Å². The summed E-state index contributed by atoms with van der Waals surface area (Å²) in [6.07, 6.45) is 2.20. The summed E-state index contributed by atoms with van der Waals surface area (Å²) in [4.78, 5) is 47.0. The molecular formula is C34H38FN3O5. The molecule has 2 aliphatic rings. The van der Waals surface area contributed by atoms with Crippen LogP contribution >= 0.6 is 0 Å². The fourth-order valence-corrected chi connectivity index (χ4v) is 5.92. The highest BCUT2D eigenvalue weighted by molar-refractivity contribution is 5.99.